The fourth-order valence-electron chi connectivity index (χ4n) is 1.32. The third kappa shape index (κ3) is 2.50. The third-order valence-corrected chi connectivity index (χ3v) is 2.82. The lowest BCUT2D eigenvalue weighted by atomic mass is 9.99. The normalized spacial score (nSPS) is 13.9. The monoisotopic (exact) mass is 219 g/mol. The van der Waals surface area contributed by atoms with E-state index < -0.39 is 5.54 Å². The third-order valence-electron chi connectivity index (χ3n) is 2.82. The van der Waals surface area contributed by atoms with E-state index in [1.54, 1.807) is 12.3 Å². The van der Waals surface area contributed by atoms with Gasteiger partial charge in [0.15, 0.2) is 0 Å². The summed E-state index contributed by atoms with van der Waals surface area (Å²) >= 11 is 0. The molecule has 0 aromatic carbocycles. The van der Waals surface area contributed by atoms with Crippen molar-refractivity contribution < 1.29 is 5.11 Å². The molecule has 1 unspecified atom stereocenters. The Kier molecular flexibility index (Phi) is 3.86. The Bertz CT molecular complexity index is 405. The molecular weight excluding hydrogens is 202 g/mol. The highest BCUT2D eigenvalue weighted by molar-refractivity contribution is 5.56. The van der Waals surface area contributed by atoms with Crippen LogP contribution in [0.1, 0.15) is 31.4 Å². The van der Waals surface area contributed by atoms with E-state index >= 15 is 0 Å². The van der Waals surface area contributed by atoms with Crippen LogP contribution in [0.4, 0.5) is 5.82 Å². The predicted molar refractivity (Wildman–Crippen MR) is 63.1 cm³/mol. The maximum Gasteiger partial charge on any atom is 0.144 e. The summed E-state index contributed by atoms with van der Waals surface area (Å²) in [4.78, 5) is 4.15. The second-order valence-electron chi connectivity index (χ2n) is 4.16. The first-order valence-corrected chi connectivity index (χ1v) is 5.31. The summed E-state index contributed by atoms with van der Waals surface area (Å²) < 4.78 is 0. The number of pyridine rings is 1. The zero-order valence-corrected chi connectivity index (χ0v) is 9.91. The van der Waals surface area contributed by atoms with Crippen LogP contribution in [0.3, 0.4) is 0 Å². The largest absolute Gasteiger partial charge is 0.394 e. The molecule has 4 nitrogen and oxygen atoms in total. The summed E-state index contributed by atoms with van der Waals surface area (Å²) in [6.07, 6.45) is 2.41. The smallest absolute Gasteiger partial charge is 0.144 e. The summed E-state index contributed by atoms with van der Waals surface area (Å²) in [6.45, 7) is 5.75. The van der Waals surface area contributed by atoms with Crippen LogP contribution in [0.15, 0.2) is 12.3 Å². The average molecular weight is 219 g/mol. The van der Waals surface area contributed by atoms with Crippen LogP contribution in [-0.4, -0.2) is 22.2 Å². The van der Waals surface area contributed by atoms with Crippen molar-refractivity contribution in [2.24, 2.45) is 0 Å². The van der Waals surface area contributed by atoms with Crippen molar-refractivity contribution in [3.63, 3.8) is 0 Å². The Morgan fingerprint density at radius 3 is 2.81 bits per heavy atom. The number of aliphatic hydroxyl groups excluding tert-OH is 1. The highest BCUT2D eigenvalue weighted by Gasteiger charge is 2.22. The standard InChI is InChI=1S/C12H17N3O/c1-4-12(3,8-16)15-11-10(7-13)9(2)5-6-14-11/h5-6,16H,4,8H2,1-3H3,(H,14,15). The van der Waals surface area contributed by atoms with Gasteiger partial charge in [0.05, 0.1) is 17.7 Å². The molecule has 2 N–H and O–H groups in total. The molecule has 0 saturated heterocycles. The predicted octanol–water partition coefficient (Wildman–Crippen LogP) is 1.83. The van der Waals surface area contributed by atoms with Gasteiger partial charge in [-0.2, -0.15) is 5.26 Å². The molecular formula is C12H17N3O. The van der Waals surface area contributed by atoms with Gasteiger partial charge in [-0.1, -0.05) is 6.92 Å². The van der Waals surface area contributed by atoms with Gasteiger partial charge in [0.1, 0.15) is 11.9 Å². The van der Waals surface area contributed by atoms with E-state index in [0.29, 0.717) is 11.4 Å². The van der Waals surface area contributed by atoms with E-state index in [0.717, 1.165) is 12.0 Å². The molecule has 16 heavy (non-hydrogen) atoms. The molecule has 4 heteroatoms. The van der Waals surface area contributed by atoms with E-state index in [1.807, 2.05) is 20.8 Å². The van der Waals surface area contributed by atoms with Crippen molar-refractivity contribution in [1.29, 1.82) is 5.26 Å². The van der Waals surface area contributed by atoms with Gasteiger partial charge in [-0.3, -0.25) is 0 Å². The number of hydrogen-bond acceptors (Lipinski definition) is 4. The van der Waals surface area contributed by atoms with Crippen LogP contribution < -0.4 is 5.32 Å². The maximum atomic E-state index is 9.31. The van der Waals surface area contributed by atoms with Crippen molar-refractivity contribution in [3.05, 3.63) is 23.4 Å². The summed E-state index contributed by atoms with van der Waals surface area (Å²) in [7, 11) is 0. The molecule has 1 heterocycles. The maximum absolute atomic E-state index is 9.31. The molecule has 0 amide bonds. The lowest BCUT2D eigenvalue weighted by Gasteiger charge is -2.28. The SMILES string of the molecule is CCC(C)(CO)Nc1nccc(C)c1C#N. The molecule has 0 spiro atoms. The van der Waals surface area contributed by atoms with Gasteiger partial charge in [-0.05, 0) is 31.9 Å². The first-order valence-electron chi connectivity index (χ1n) is 5.31. The second kappa shape index (κ2) is 4.95. The zero-order valence-electron chi connectivity index (χ0n) is 9.91. The molecule has 1 rings (SSSR count). The van der Waals surface area contributed by atoms with Crippen molar-refractivity contribution in [2.45, 2.75) is 32.7 Å². The van der Waals surface area contributed by atoms with Gasteiger partial charge in [-0.25, -0.2) is 4.98 Å². The quantitative estimate of drug-likeness (QED) is 0.810. The molecule has 0 bridgehead atoms. The highest BCUT2D eigenvalue weighted by atomic mass is 16.3. The number of nitrogens with one attached hydrogen (secondary N) is 1. The number of hydrogen-bond donors (Lipinski definition) is 2. The number of aliphatic hydroxyl groups is 1. The zero-order chi connectivity index (χ0) is 12.2. The minimum atomic E-state index is -0.438. The van der Waals surface area contributed by atoms with Crippen LogP contribution in [0.5, 0.6) is 0 Å². The van der Waals surface area contributed by atoms with Crippen LogP contribution in [-0.2, 0) is 0 Å². The summed E-state index contributed by atoms with van der Waals surface area (Å²) in [5.41, 5.74) is 0.985. The van der Waals surface area contributed by atoms with Crippen LogP contribution in [0.2, 0.25) is 0 Å². The van der Waals surface area contributed by atoms with E-state index in [4.69, 9.17) is 5.26 Å². The number of nitriles is 1. The van der Waals surface area contributed by atoms with E-state index in [9.17, 15) is 5.11 Å². The number of aromatic nitrogens is 1. The number of nitrogens with zero attached hydrogens (tertiary/aromatic N) is 2. The van der Waals surface area contributed by atoms with Gasteiger partial charge in [-0.15, -0.1) is 0 Å². The Morgan fingerprint density at radius 1 is 1.62 bits per heavy atom. The number of rotatable bonds is 4. The first-order chi connectivity index (χ1) is 7.56. The van der Waals surface area contributed by atoms with E-state index in [-0.39, 0.29) is 6.61 Å². The Morgan fingerprint density at radius 2 is 2.31 bits per heavy atom. The molecule has 1 aromatic rings. The molecule has 1 aromatic heterocycles. The minimum Gasteiger partial charge on any atom is -0.394 e. The Hall–Kier alpha value is -1.60. The molecule has 0 saturated carbocycles. The first kappa shape index (κ1) is 12.5. The Labute approximate surface area is 95.9 Å². The highest BCUT2D eigenvalue weighted by Crippen LogP contribution is 2.21. The van der Waals surface area contributed by atoms with E-state index in [2.05, 4.69) is 16.4 Å². The topological polar surface area (TPSA) is 68.9 Å². The average Bonchev–Trinajstić information content (AvgIpc) is 2.29. The van der Waals surface area contributed by atoms with Crippen molar-refractivity contribution >= 4 is 5.82 Å². The molecule has 1 atom stereocenters. The fourth-order valence-corrected chi connectivity index (χ4v) is 1.32. The summed E-state index contributed by atoms with van der Waals surface area (Å²) in [5.74, 6) is 0.543. The van der Waals surface area contributed by atoms with Gasteiger partial charge < -0.3 is 10.4 Å². The lowest BCUT2D eigenvalue weighted by molar-refractivity contribution is 0.218. The van der Waals surface area contributed by atoms with Crippen LogP contribution in [0, 0.1) is 18.3 Å². The Balaban J connectivity index is 3.07. The van der Waals surface area contributed by atoms with Gasteiger partial charge in [0, 0.05) is 6.20 Å². The van der Waals surface area contributed by atoms with Crippen molar-refractivity contribution in [2.75, 3.05) is 11.9 Å². The van der Waals surface area contributed by atoms with Gasteiger partial charge >= 0.3 is 0 Å². The second-order valence-corrected chi connectivity index (χ2v) is 4.16. The van der Waals surface area contributed by atoms with Gasteiger partial charge in [0.2, 0.25) is 0 Å². The van der Waals surface area contributed by atoms with E-state index in [1.165, 1.54) is 0 Å². The van der Waals surface area contributed by atoms with Crippen LogP contribution in [0.25, 0.3) is 0 Å². The molecule has 0 fully saturated rings. The number of aryl methyl sites for hydroxylation is 1. The molecule has 0 aliphatic carbocycles. The minimum absolute atomic E-state index is 0.00396. The molecule has 0 aliphatic rings. The molecule has 0 aliphatic heterocycles. The number of anilines is 1. The fraction of sp³-hybridized carbons (Fsp3) is 0.500. The van der Waals surface area contributed by atoms with Crippen molar-refractivity contribution in [1.82, 2.24) is 4.98 Å². The summed E-state index contributed by atoms with van der Waals surface area (Å²) in [5, 5.41) is 21.5. The van der Waals surface area contributed by atoms with Gasteiger partial charge in [0.25, 0.3) is 0 Å². The van der Waals surface area contributed by atoms with Crippen molar-refractivity contribution in [3.8, 4) is 6.07 Å². The summed E-state index contributed by atoms with van der Waals surface area (Å²) in [6, 6.07) is 3.93. The lowest BCUT2D eigenvalue weighted by Crippen LogP contribution is -2.38. The molecule has 0 radical (unpaired) electrons. The van der Waals surface area contributed by atoms with Crippen LogP contribution >= 0.6 is 0 Å². The molecule has 86 valence electrons.